The van der Waals surface area contributed by atoms with Gasteiger partial charge in [-0.25, -0.2) is 4.79 Å². The zero-order chi connectivity index (χ0) is 19.6. The normalized spacial score (nSPS) is 18.3. The summed E-state index contributed by atoms with van der Waals surface area (Å²) in [6, 6.07) is 5.56. The second kappa shape index (κ2) is 7.66. The standard InChI is InChI=1S/C19H28N6O2/c1-12-6-7-13(10-14(12)21-18(26)23-19(2,3)4)17-22-16(24-27-17)15-11-20-8-9-25(15)5/h6-7,10,15,20H,8-9,11H2,1-5H3,(H2,21,23,26). The number of carbonyl (C=O) groups excluding carboxylic acids is 1. The molecule has 1 aromatic heterocycles. The Kier molecular flexibility index (Phi) is 5.48. The first-order valence-electron chi connectivity index (χ1n) is 9.18. The minimum atomic E-state index is -0.308. The lowest BCUT2D eigenvalue weighted by Gasteiger charge is -2.30. The topological polar surface area (TPSA) is 95.3 Å². The maximum atomic E-state index is 12.2. The van der Waals surface area contributed by atoms with Gasteiger partial charge in [-0.15, -0.1) is 0 Å². The Morgan fingerprint density at radius 3 is 2.85 bits per heavy atom. The molecule has 0 saturated carbocycles. The third kappa shape index (κ3) is 4.84. The summed E-state index contributed by atoms with van der Waals surface area (Å²) in [5, 5.41) is 13.3. The van der Waals surface area contributed by atoms with Crippen LogP contribution in [0, 0.1) is 6.92 Å². The van der Waals surface area contributed by atoms with Crippen LogP contribution in [0.5, 0.6) is 0 Å². The van der Waals surface area contributed by atoms with Crippen LogP contribution in [0.25, 0.3) is 11.5 Å². The highest BCUT2D eigenvalue weighted by molar-refractivity contribution is 5.91. The predicted octanol–water partition coefficient (Wildman–Crippen LogP) is 2.54. The minimum absolute atomic E-state index is 0.0943. The minimum Gasteiger partial charge on any atom is -0.334 e. The smallest absolute Gasteiger partial charge is 0.319 e. The number of urea groups is 1. The molecule has 3 rings (SSSR count). The molecule has 2 heterocycles. The van der Waals surface area contributed by atoms with E-state index in [0.717, 1.165) is 30.8 Å². The van der Waals surface area contributed by atoms with Gasteiger partial charge in [0.25, 0.3) is 5.89 Å². The van der Waals surface area contributed by atoms with Crippen molar-refractivity contribution in [1.29, 1.82) is 0 Å². The number of likely N-dealkylation sites (N-methyl/N-ethyl adjacent to an activating group) is 1. The Morgan fingerprint density at radius 2 is 2.15 bits per heavy atom. The average molecular weight is 372 g/mol. The second-order valence-electron chi connectivity index (χ2n) is 8.02. The highest BCUT2D eigenvalue weighted by atomic mass is 16.5. The number of rotatable bonds is 3. The van der Waals surface area contributed by atoms with E-state index in [1.54, 1.807) is 0 Å². The molecule has 3 N–H and O–H groups in total. The van der Waals surface area contributed by atoms with Gasteiger partial charge in [0, 0.05) is 36.4 Å². The van der Waals surface area contributed by atoms with Crippen LogP contribution in [-0.4, -0.2) is 53.3 Å². The van der Waals surface area contributed by atoms with Gasteiger partial charge in [-0.2, -0.15) is 4.98 Å². The number of amides is 2. The zero-order valence-electron chi connectivity index (χ0n) is 16.6. The van der Waals surface area contributed by atoms with Crippen molar-refractivity contribution in [3.05, 3.63) is 29.6 Å². The maximum absolute atomic E-state index is 12.2. The van der Waals surface area contributed by atoms with E-state index in [4.69, 9.17) is 4.52 Å². The summed E-state index contributed by atoms with van der Waals surface area (Å²) in [7, 11) is 2.06. The number of piperazine rings is 1. The van der Waals surface area contributed by atoms with Crippen molar-refractivity contribution < 1.29 is 9.32 Å². The van der Waals surface area contributed by atoms with Crippen LogP contribution in [0.4, 0.5) is 10.5 Å². The largest absolute Gasteiger partial charge is 0.334 e. The van der Waals surface area contributed by atoms with E-state index in [0.29, 0.717) is 17.4 Å². The van der Waals surface area contributed by atoms with Crippen molar-refractivity contribution in [3.63, 3.8) is 0 Å². The van der Waals surface area contributed by atoms with E-state index in [2.05, 4.69) is 38.0 Å². The Hall–Kier alpha value is -2.45. The molecule has 1 saturated heterocycles. The average Bonchev–Trinajstić information content (AvgIpc) is 3.05. The van der Waals surface area contributed by atoms with Gasteiger partial charge in [0.15, 0.2) is 5.82 Å². The number of benzene rings is 1. The lowest BCUT2D eigenvalue weighted by molar-refractivity contribution is 0.190. The molecule has 2 aromatic rings. The first-order valence-corrected chi connectivity index (χ1v) is 9.18. The van der Waals surface area contributed by atoms with Crippen LogP contribution < -0.4 is 16.0 Å². The molecule has 1 aliphatic heterocycles. The van der Waals surface area contributed by atoms with Crippen molar-refractivity contribution in [2.45, 2.75) is 39.3 Å². The van der Waals surface area contributed by atoms with Crippen LogP contribution in [0.1, 0.15) is 38.2 Å². The predicted molar refractivity (Wildman–Crippen MR) is 105 cm³/mol. The lowest BCUT2D eigenvalue weighted by atomic mass is 10.1. The Bertz CT molecular complexity index is 811. The van der Waals surface area contributed by atoms with Gasteiger partial charge < -0.3 is 20.5 Å². The van der Waals surface area contributed by atoms with Gasteiger partial charge >= 0.3 is 6.03 Å². The molecule has 0 bridgehead atoms. The first kappa shape index (κ1) is 19.3. The first-order chi connectivity index (χ1) is 12.7. The van der Waals surface area contributed by atoms with E-state index in [-0.39, 0.29) is 17.6 Å². The fourth-order valence-corrected chi connectivity index (χ4v) is 2.97. The summed E-state index contributed by atoms with van der Waals surface area (Å²) in [6.45, 7) is 10.5. The summed E-state index contributed by atoms with van der Waals surface area (Å²) >= 11 is 0. The zero-order valence-corrected chi connectivity index (χ0v) is 16.6. The summed E-state index contributed by atoms with van der Waals surface area (Å²) in [5.41, 5.74) is 2.14. The highest BCUT2D eigenvalue weighted by Gasteiger charge is 2.25. The van der Waals surface area contributed by atoms with Gasteiger partial charge in [0.1, 0.15) is 0 Å². The fourth-order valence-electron chi connectivity index (χ4n) is 2.97. The van der Waals surface area contributed by atoms with Gasteiger partial charge in [0.2, 0.25) is 0 Å². The molecule has 0 spiro atoms. The van der Waals surface area contributed by atoms with Crippen LogP contribution in [0.15, 0.2) is 22.7 Å². The van der Waals surface area contributed by atoms with Gasteiger partial charge in [-0.05, 0) is 52.4 Å². The number of nitrogens with zero attached hydrogens (tertiary/aromatic N) is 3. The molecule has 8 heteroatoms. The summed E-state index contributed by atoms with van der Waals surface area (Å²) in [6.07, 6.45) is 0. The van der Waals surface area contributed by atoms with Gasteiger partial charge in [0.05, 0.1) is 6.04 Å². The number of nitrogens with one attached hydrogen (secondary N) is 3. The van der Waals surface area contributed by atoms with Crippen LogP contribution in [0.2, 0.25) is 0 Å². The van der Waals surface area contributed by atoms with Gasteiger partial charge in [-0.3, -0.25) is 4.90 Å². The fraction of sp³-hybridized carbons (Fsp3) is 0.526. The highest BCUT2D eigenvalue weighted by Crippen LogP contribution is 2.26. The van der Waals surface area contributed by atoms with Gasteiger partial charge in [-0.1, -0.05) is 11.2 Å². The van der Waals surface area contributed by atoms with Crippen molar-refractivity contribution in [3.8, 4) is 11.5 Å². The Morgan fingerprint density at radius 1 is 1.37 bits per heavy atom. The quantitative estimate of drug-likeness (QED) is 0.766. The monoisotopic (exact) mass is 372 g/mol. The third-order valence-electron chi connectivity index (χ3n) is 4.47. The maximum Gasteiger partial charge on any atom is 0.319 e. The third-order valence-corrected chi connectivity index (χ3v) is 4.47. The van der Waals surface area contributed by atoms with Crippen molar-refractivity contribution in [2.75, 3.05) is 32.0 Å². The SMILES string of the molecule is Cc1ccc(-c2nc(C3CNCCN3C)no2)cc1NC(=O)NC(C)(C)C. The van der Waals surface area contributed by atoms with Crippen molar-refractivity contribution >= 4 is 11.7 Å². The molecular formula is C19H28N6O2. The van der Waals surface area contributed by atoms with E-state index in [9.17, 15) is 4.79 Å². The molecule has 0 radical (unpaired) electrons. The van der Waals surface area contributed by atoms with E-state index in [1.807, 2.05) is 45.9 Å². The molecule has 0 aliphatic carbocycles. The van der Waals surface area contributed by atoms with E-state index in [1.165, 1.54) is 0 Å². The summed E-state index contributed by atoms with van der Waals surface area (Å²) in [4.78, 5) is 19.0. The summed E-state index contributed by atoms with van der Waals surface area (Å²) < 4.78 is 5.49. The molecule has 1 aliphatic rings. The number of anilines is 1. The van der Waals surface area contributed by atoms with Crippen LogP contribution >= 0.6 is 0 Å². The van der Waals surface area contributed by atoms with Crippen molar-refractivity contribution in [1.82, 2.24) is 25.7 Å². The Balaban J connectivity index is 1.79. The van der Waals surface area contributed by atoms with Crippen molar-refractivity contribution in [2.24, 2.45) is 0 Å². The number of aromatic nitrogens is 2. The van der Waals surface area contributed by atoms with E-state index >= 15 is 0 Å². The number of aryl methyl sites for hydroxylation is 1. The molecule has 1 fully saturated rings. The number of carbonyl (C=O) groups is 1. The number of hydrogen-bond acceptors (Lipinski definition) is 6. The lowest BCUT2D eigenvalue weighted by Crippen LogP contribution is -2.44. The second-order valence-corrected chi connectivity index (χ2v) is 8.02. The molecular weight excluding hydrogens is 344 g/mol. The summed E-state index contributed by atoms with van der Waals surface area (Å²) in [5.74, 6) is 1.11. The Labute approximate surface area is 159 Å². The molecule has 1 aromatic carbocycles. The van der Waals surface area contributed by atoms with E-state index < -0.39 is 0 Å². The molecule has 8 nitrogen and oxygen atoms in total. The molecule has 146 valence electrons. The molecule has 2 amide bonds. The number of hydrogen-bond donors (Lipinski definition) is 3. The van der Waals surface area contributed by atoms with Crippen LogP contribution in [-0.2, 0) is 0 Å². The molecule has 27 heavy (non-hydrogen) atoms. The molecule has 1 atom stereocenters. The molecule has 1 unspecified atom stereocenters. The van der Waals surface area contributed by atoms with Crippen LogP contribution in [0.3, 0.4) is 0 Å².